The number of nitrogens with zero attached hydrogens (tertiary/aromatic N) is 2. The Balaban J connectivity index is 1.59. The van der Waals surface area contributed by atoms with Crippen molar-refractivity contribution in [3.8, 4) is 0 Å². The lowest BCUT2D eigenvalue weighted by Gasteiger charge is -2.24. The molecule has 1 unspecified atom stereocenters. The maximum absolute atomic E-state index is 13.5. The van der Waals surface area contributed by atoms with Gasteiger partial charge in [0, 0.05) is 22.3 Å². The van der Waals surface area contributed by atoms with Gasteiger partial charge in [0.05, 0.1) is 17.7 Å². The van der Waals surface area contributed by atoms with E-state index in [0.717, 1.165) is 22.6 Å². The van der Waals surface area contributed by atoms with Crippen LogP contribution in [0.2, 0.25) is 10.0 Å². The van der Waals surface area contributed by atoms with Crippen LogP contribution in [-0.4, -0.2) is 34.4 Å². The number of nitrogens with one attached hydrogen (secondary N) is 1. The number of rotatable bonds is 7. The zero-order valence-corrected chi connectivity index (χ0v) is 21.5. The highest BCUT2D eigenvalue weighted by molar-refractivity contribution is 7.80. The van der Waals surface area contributed by atoms with E-state index in [4.69, 9.17) is 35.4 Å². The molecular formula is C26H20Cl2F3N3O2S. The van der Waals surface area contributed by atoms with Gasteiger partial charge in [-0.2, -0.15) is 13.2 Å². The van der Waals surface area contributed by atoms with Crippen LogP contribution < -0.4 is 10.2 Å². The Labute approximate surface area is 226 Å². The molecule has 4 rings (SSSR count). The molecule has 1 aliphatic rings. The van der Waals surface area contributed by atoms with E-state index in [0.29, 0.717) is 22.2 Å². The lowest BCUT2D eigenvalue weighted by molar-refractivity contribution is -0.137. The molecule has 0 aliphatic carbocycles. The fraction of sp³-hybridized carbons (Fsp3) is 0.192. The average Bonchev–Trinajstić information content (AvgIpc) is 3.08. The van der Waals surface area contributed by atoms with Gasteiger partial charge in [0.1, 0.15) is 6.04 Å². The van der Waals surface area contributed by atoms with Gasteiger partial charge in [-0.1, -0.05) is 41.4 Å². The highest BCUT2D eigenvalue weighted by atomic mass is 35.5. The zero-order chi connectivity index (χ0) is 26.7. The van der Waals surface area contributed by atoms with Gasteiger partial charge in [0.15, 0.2) is 5.11 Å². The number of hydrogen-bond acceptors (Lipinski definition) is 3. The van der Waals surface area contributed by atoms with Crippen LogP contribution in [0.25, 0.3) is 0 Å². The van der Waals surface area contributed by atoms with Crippen molar-refractivity contribution in [2.45, 2.75) is 25.1 Å². The molecule has 0 bridgehead atoms. The number of alkyl halides is 3. The minimum atomic E-state index is -4.59. The van der Waals surface area contributed by atoms with Gasteiger partial charge in [-0.15, -0.1) is 0 Å². The number of amides is 2. The lowest BCUT2D eigenvalue weighted by Crippen LogP contribution is -2.39. The molecule has 11 heteroatoms. The summed E-state index contributed by atoms with van der Waals surface area (Å²) in [5, 5.41) is 3.82. The maximum Gasteiger partial charge on any atom is 0.416 e. The van der Waals surface area contributed by atoms with Crippen molar-refractivity contribution in [3.63, 3.8) is 0 Å². The molecule has 0 spiro atoms. The number of benzene rings is 3. The lowest BCUT2D eigenvalue weighted by atomic mass is 10.1. The molecular weight excluding hydrogens is 546 g/mol. The normalized spacial score (nSPS) is 15.9. The van der Waals surface area contributed by atoms with Crippen LogP contribution in [-0.2, 0) is 22.2 Å². The van der Waals surface area contributed by atoms with Crippen LogP contribution in [0.15, 0.2) is 72.8 Å². The number of carbonyl (C=O) groups excluding carboxylic acids is 2. The number of carbonyl (C=O) groups is 2. The molecule has 37 heavy (non-hydrogen) atoms. The fourth-order valence-corrected chi connectivity index (χ4v) is 4.63. The predicted molar refractivity (Wildman–Crippen MR) is 142 cm³/mol. The Morgan fingerprint density at radius 2 is 1.59 bits per heavy atom. The Bertz CT molecular complexity index is 1320. The fourth-order valence-electron chi connectivity index (χ4n) is 3.97. The van der Waals surface area contributed by atoms with E-state index in [2.05, 4.69) is 5.32 Å². The van der Waals surface area contributed by atoms with Crippen molar-refractivity contribution in [2.24, 2.45) is 0 Å². The molecule has 0 saturated carbocycles. The Morgan fingerprint density at radius 3 is 2.22 bits per heavy atom. The number of anilines is 2. The van der Waals surface area contributed by atoms with E-state index in [9.17, 15) is 22.8 Å². The standard InChI is InChI=1S/C26H20Cl2F3N3O2S/c27-18-6-4-16(5-7-18)12-13-33-22(15-23(35)32-20-10-8-19(28)9-11-20)24(36)34(25(33)37)21-3-1-2-17(14-21)26(29,30)31/h1-11,14,22H,12-13,15H2,(H,32,35). The predicted octanol–water partition coefficient (Wildman–Crippen LogP) is 6.59. The smallest absolute Gasteiger partial charge is 0.336 e. The second-order valence-electron chi connectivity index (χ2n) is 8.35. The molecule has 0 aromatic heterocycles. The monoisotopic (exact) mass is 565 g/mol. The molecule has 1 aliphatic heterocycles. The Hall–Kier alpha value is -3.14. The second kappa shape index (κ2) is 11.1. The van der Waals surface area contributed by atoms with E-state index in [1.807, 2.05) is 12.1 Å². The van der Waals surface area contributed by atoms with Crippen LogP contribution in [0.3, 0.4) is 0 Å². The van der Waals surface area contributed by atoms with Gasteiger partial charge in [-0.05, 0) is 78.8 Å². The molecule has 1 fully saturated rings. The summed E-state index contributed by atoms with van der Waals surface area (Å²) in [6.45, 7) is 0.264. The molecule has 1 N–H and O–H groups in total. The van der Waals surface area contributed by atoms with Crippen LogP contribution in [0, 0.1) is 0 Å². The highest BCUT2D eigenvalue weighted by Gasteiger charge is 2.44. The highest BCUT2D eigenvalue weighted by Crippen LogP contribution is 2.34. The summed E-state index contributed by atoms with van der Waals surface area (Å²) in [5.41, 5.74) is 0.491. The molecule has 3 aromatic carbocycles. The van der Waals surface area contributed by atoms with Gasteiger partial charge in [0.2, 0.25) is 5.91 Å². The first-order valence-electron chi connectivity index (χ1n) is 11.1. The molecule has 1 heterocycles. The SMILES string of the molecule is O=C(CC1C(=O)N(c2cccc(C(F)(F)F)c2)C(=S)N1CCc1ccc(Cl)cc1)Nc1ccc(Cl)cc1. The quantitative estimate of drug-likeness (QED) is 0.328. The van der Waals surface area contributed by atoms with Crippen molar-refractivity contribution in [1.82, 2.24) is 4.90 Å². The van der Waals surface area contributed by atoms with Crippen LogP contribution in [0.1, 0.15) is 17.5 Å². The summed E-state index contributed by atoms with van der Waals surface area (Å²) >= 11 is 17.4. The third kappa shape index (κ3) is 6.41. The van der Waals surface area contributed by atoms with Crippen LogP contribution >= 0.6 is 35.4 Å². The summed E-state index contributed by atoms with van der Waals surface area (Å²) in [5.74, 6) is -1.03. The van der Waals surface area contributed by atoms with E-state index >= 15 is 0 Å². The van der Waals surface area contributed by atoms with Crippen molar-refractivity contribution < 1.29 is 22.8 Å². The summed E-state index contributed by atoms with van der Waals surface area (Å²) in [4.78, 5) is 29.0. The zero-order valence-electron chi connectivity index (χ0n) is 19.1. The summed E-state index contributed by atoms with van der Waals surface area (Å²) in [6.07, 6.45) is -4.37. The van der Waals surface area contributed by atoms with Gasteiger partial charge < -0.3 is 10.2 Å². The minimum absolute atomic E-state index is 0.0121. The molecule has 192 valence electrons. The van der Waals surface area contributed by atoms with Gasteiger partial charge in [0.25, 0.3) is 5.91 Å². The van der Waals surface area contributed by atoms with E-state index in [1.54, 1.807) is 41.3 Å². The van der Waals surface area contributed by atoms with Crippen LogP contribution in [0.4, 0.5) is 24.5 Å². The Morgan fingerprint density at radius 1 is 0.973 bits per heavy atom. The number of thiocarbonyl (C=S) groups is 1. The third-order valence-corrected chi connectivity index (χ3v) is 6.73. The molecule has 1 saturated heterocycles. The molecule has 0 radical (unpaired) electrons. The summed E-state index contributed by atoms with van der Waals surface area (Å²) in [7, 11) is 0. The van der Waals surface area contributed by atoms with Crippen molar-refractivity contribution in [1.29, 1.82) is 0 Å². The van der Waals surface area contributed by atoms with Gasteiger partial charge in [-0.25, -0.2) is 0 Å². The molecule has 2 amide bonds. The summed E-state index contributed by atoms with van der Waals surface area (Å²) < 4.78 is 40.0. The van der Waals surface area contributed by atoms with E-state index in [1.165, 1.54) is 12.1 Å². The van der Waals surface area contributed by atoms with Crippen molar-refractivity contribution in [3.05, 3.63) is 94.0 Å². The molecule has 1 atom stereocenters. The van der Waals surface area contributed by atoms with Gasteiger partial charge >= 0.3 is 6.18 Å². The number of halogens is 5. The van der Waals surface area contributed by atoms with Crippen molar-refractivity contribution >= 4 is 63.7 Å². The first kappa shape index (κ1) is 26.9. The average molecular weight is 566 g/mol. The third-order valence-electron chi connectivity index (χ3n) is 5.81. The largest absolute Gasteiger partial charge is 0.416 e. The topological polar surface area (TPSA) is 52.7 Å². The second-order valence-corrected chi connectivity index (χ2v) is 9.59. The Kier molecular flexibility index (Phi) is 8.06. The van der Waals surface area contributed by atoms with Crippen LogP contribution in [0.5, 0.6) is 0 Å². The van der Waals surface area contributed by atoms with E-state index < -0.39 is 29.6 Å². The summed E-state index contributed by atoms with van der Waals surface area (Å²) in [6, 6.07) is 17.0. The minimum Gasteiger partial charge on any atom is -0.336 e. The first-order valence-corrected chi connectivity index (χ1v) is 12.3. The molecule has 3 aromatic rings. The molecule has 5 nitrogen and oxygen atoms in total. The van der Waals surface area contributed by atoms with E-state index in [-0.39, 0.29) is 23.8 Å². The van der Waals surface area contributed by atoms with Gasteiger partial charge in [-0.3, -0.25) is 14.5 Å². The van der Waals surface area contributed by atoms with Crippen molar-refractivity contribution in [2.75, 3.05) is 16.8 Å². The maximum atomic E-state index is 13.5. The number of hydrogen-bond donors (Lipinski definition) is 1. The first-order chi connectivity index (χ1) is 17.5.